The van der Waals surface area contributed by atoms with E-state index in [1.54, 1.807) is 30.5 Å². The SMILES string of the molecule is Cn1c([N+](=O)[O-])cnc1-c1nnc(N/N=C/c2ccc(O)cc2)s1. The van der Waals surface area contributed by atoms with Crippen LogP contribution in [0, 0.1) is 10.1 Å². The van der Waals surface area contributed by atoms with Gasteiger partial charge in [0.1, 0.15) is 11.9 Å². The molecule has 0 aliphatic heterocycles. The second kappa shape index (κ2) is 6.42. The number of hydrogen-bond donors (Lipinski definition) is 2. The Morgan fingerprint density at radius 1 is 1.38 bits per heavy atom. The number of rotatable bonds is 5. The number of aromatic hydroxyl groups is 1. The minimum Gasteiger partial charge on any atom is -0.508 e. The first-order chi connectivity index (χ1) is 11.5. The molecular weight excluding hydrogens is 334 g/mol. The summed E-state index contributed by atoms with van der Waals surface area (Å²) < 4.78 is 1.34. The van der Waals surface area contributed by atoms with E-state index < -0.39 is 4.92 Å². The molecule has 0 unspecified atom stereocenters. The number of aromatic nitrogens is 4. The van der Waals surface area contributed by atoms with Crippen LogP contribution in [0.4, 0.5) is 10.9 Å². The molecule has 11 heteroatoms. The van der Waals surface area contributed by atoms with Gasteiger partial charge in [-0.05, 0) is 34.8 Å². The number of hydrogen-bond acceptors (Lipinski definition) is 9. The van der Waals surface area contributed by atoms with Gasteiger partial charge in [0.25, 0.3) is 5.82 Å². The Kier molecular flexibility index (Phi) is 4.16. The molecule has 122 valence electrons. The van der Waals surface area contributed by atoms with E-state index in [-0.39, 0.29) is 11.6 Å². The highest BCUT2D eigenvalue weighted by molar-refractivity contribution is 7.18. The van der Waals surface area contributed by atoms with Gasteiger partial charge in [-0.2, -0.15) is 5.10 Å². The quantitative estimate of drug-likeness (QED) is 0.410. The Morgan fingerprint density at radius 2 is 2.12 bits per heavy atom. The van der Waals surface area contributed by atoms with Crippen molar-refractivity contribution in [3.63, 3.8) is 0 Å². The maximum absolute atomic E-state index is 10.8. The van der Waals surface area contributed by atoms with Gasteiger partial charge in [0.05, 0.1) is 13.3 Å². The lowest BCUT2D eigenvalue weighted by atomic mass is 10.2. The molecule has 2 aromatic heterocycles. The van der Waals surface area contributed by atoms with Crippen molar-refractivity contribution in [1.29, 1.82) is 0 Å². The maximum atomic E-state index is 10.8. The molecule has 0 saturated carbocycles. The van der Waals surface area contributed by atoms with E-state index in [2.05, 4.69) is 25.7 Å². The van der Waals surface area contributed by atoms with E-state index >= 15 is 0 Å². The number of nitro groups is 1. The van der Waals surface area contributed by atoms with Crippen LogP contribution in [0.5, 0.6) is 5.75 Å². The summed E-state index contributed by atoms with van der Waals surface area (Å²) in [5.41, 5.74) is 3.52. The molecule has 0 bridgehead atoms. The van der Waals surface area contributed by atoms with Crippen LogP contribution in [0.3, 0.4) is 0 Å². The fraction of sp³-hybridized carbons (Fsp3) is 0.0769. The molecule has 2 heterocycles. The van der Waals surface area contributed by atoms with E-state index in [0.717, 1.165) is 5.56 Å². The van der Waals surface area contributed by atoms with Crippen LogP contribution in [-0.2, 0) is 7.05 Å². The normalized spacial score (nSPS) is 11.0. The zero-order valence-corrected chi connectivity index (χ0v) is 13.1. The fourth-order valence-corrected chi connectivity index (χ4v) is 2.58. The summed E-state index contributed by atoms with van der Waals surface area (Å²) in [5.74, 6) is 0.410. The van der Waals surface area contributed by atoms with Gasteiger partial charge in [-0.25, -0.2) is 9.55 Å². The first-order valence-electron chi connectivity index (χ1n) is 6.62. The third-order valence-corrected chi connectivity index (χ3v) is 3.86. The molecular formula is C13H11N7O3S. The highest BCUT2D eigenvalue weighted by Crippen LogP contribution is 2.27. The molecule has 0 amide bonds. The lowest BCUT2D eigenvalue weighted by Crippen LogP contribution is -1.98. The topological polar surface area (TPSA) is 131 Å². The minimum absolute atomic E-state index is 0.125. The minimum atomic E-state index is -0.515. The van der Waals surface area contributed by atoms with Crippen LogP contribution < -0.4 is 5.43 Å². The smallest absolute Gasteiger partial charge is 0.342 e. The molecule has 0 atom stereocenters. The van der Waals surface area contributed by atoms with Crippen molar-refractivity contribution < 1.29 is 10.0 Å². The number of nitrogens with zero attached hydrogens (tertiary/aromatic N) is 6. The van der Waals surface area contributed by atoms with Gasteiger partial charge in [0, 0.05) is 0 Å². The number of hydrazone groups is 1. The largest absolute Gasteiger partial charge is 0.508 e. The Balaban J connectivity index is 1.72. The average Bonchev–Trinajstić information content (AvgIpc) is 3.15. The van der Waals surface area contributed by atoms with Crippen molar-refractivity contribution in [1.82, 2.24) is 19.7 Å². The first kappa shape index (κ1) is 15.6. The van der Waals surface area contributed by atoms with Crippen LogP contribution in [-0.4, -0.2) is 36.0 Å². The lowest BCUT2D eigenvalue weighted by molar-refractivity contribution is -0.391. The van der Waals surface area contributed by atoms with Crippen LogP contribution >= 0.6 is 11.3 Å². The zero-order chi connectivity index (χ0) is 17.1. The van der Waals surface area contributed by atoms with Crippen molar-refractivity contribution in [2.24, 2.45) is 12.1 Å². The summed E-state index contributed by atoms with van der Waals surface area (Å²) >= 11 is 1.17. The van der Waals surface area contributed by atoms with Crippen LogP contribution in [0.1, 0.15) is 5.56 Å². The monoisotopic (exact) mass is 345 g/mol. The van der Waals surface area contributed by atoms with Crippen molar-refractivity contribution in [2.45, 2.75) is 0 Å². The van der Waals surface area contributed by atoms with Crippen molar-refractivity contribution >= 4 is 28.5 Å². The molecule has 2 N–H and O–H groups in total. The third-order valence-electron chi connectivity index (χ3n) is 3.03. The molecule has 0 radical (unpaired) electrons. The average molecular weight is 345 g/mol. The summed E-state index contributed by atoms with van der Waals surface area (Å²) in [6.07, 6.45) is 2.74. The number of phenols is 1. The third kappa shape index (κ3) is 3.20. The number of nitrogens with one attached hydrogen (secondary N) is 1. The van der Waals surface area contributed by atoms with E-state index in [9.17, 15) is 15.2 Å². The molecule has 0 spiro atoms. The van der Waals surface area contributed by atoms with Crippen molar-refractivity contribution in [3.8, 4) is 16.6 Å². The highest BCUT2D eigenvalue weighted by Gasteiger charge is 2.21. The Labute approximate surface area is 139 Å². The molecule has 1 aromatic carbocycles. The lowest BCUT2D eigenvalue weighted by Gasteiger charge is -1.95. The predicted molar refractivity (Wildman–Crippen MR) is 88.1 cm³/mol. The molecule has 0 saturated heterocycles. The molecule has 0 aliphatic rings. The Hall–Kier alpha value is -3.34. The molecule has 24 heavy (non-hydrogen) atoms. The van der Waals surface area contributed by atoms with Gasteiger partial charge < -0.3 is 15.2 Å². The molecule has 3 rings (SSSR count). The fourth-order valence-electron chi connectivity index (χ4n) is 1.85. The van der Waals surface area contributed by atoms with Crippen molar-refractivity contribution in [3.05, 3.63) is 46.1 Å². The molecule has 10 nitrogen and oxygen atoms in total. The van der Waals surface area contributed by atoms with Crippen LogP contribution in [0.25, 0.3) is 10.8 Å². The second-order valence-corrected chi connectivity index (χ2v) is 5.61. The van der Waals surface area contributed by atoms with Crippen LogP contribution in [0.2, 0.25) is 0 Å². The van der Waals surface area contributed by atoms with Crippen LogP contribution in [0.15, 0.2) is 35.6 Å². The number of benzene rings is 1. The number of anilines is 1. The summed E-state index contributed by atoms with van der Waals surface area (Å²) in [6, 6.07) is 6.52. The zero-order valence-electron chi connectivity index (χ0n) is 12.3. The van der Waals surface area contributed by atoms with Gasteiger partial charge in [-0.1, -0.05) is 11.3 Å². The van der Waals surface area contributed by atoms with Gasteiger partial charge in [0.15, 0.2) is 0 Å². The molecule has 3 aromatic rings. The van der Waals surface area contributed by atoms with Crippen molar-refractivity contribution in [2.75, 3.05) is 5.43 Å². The van der Waals surface area contributed by atoms with Gasteiger partial charge in [-0.3, -0.25) is 5.43 Å². The summed E-state index contributed by atoms with van der Waals surface area (Å²) in [7, 11) is 1.54. The van der Waals surface area contributed by atoms with E-state index in [1.807, 2.05) is 0 Å². The van der Waals surface area contributed by atoms with E-state index in [1.165, 1.54) is 29.1 Å². The second-order valence-electron chi connectivity index (χ2n) is 4.63. The van der Waals surface area contributed by atoms with E-state index in [4.69, 9.17) is 0 Å². The first-order valence-corrected chi connectivity index (χ1v) is 7.44. The standard InChI is InChI=1S/C13H11N7O3S/c1-19-10(20(22)23)7-14-11(19)12-16-18-13(24-12)17-15-6-8-2-4-9(21)5-3-8/h2-7,21H,1H3,(H,17,18)/b15-6+. The molecule has 0 fully saturated rings. The molecule has 0 aliphatic carbocycles. The highest BCUT2D eigenvalue weighted by atomic mass is 32.1. The van der Waals surface area contributed by atoms with Gasteiger partial charge in [0.2, 0.25) is 10.1 Å². The predicted octanol–water partition coefficient (Wildman–Crippen LogP) is 2.00. The summed E-state index contributed by atoms with van der Waals surface area (Å²) in [6.45, 7) is 0. The van der Waals surface area contributed by atoms with E-state index in [0.29, 0.717) is 16.0 Å². The van der Waals surface area contributed by atoms with Gasteiger partial charge in [-0.15, -0.1) is 10.2 Å². The Morgan fingerprint density at radius 3 is 2.79 bits per heavy atom. The number of imidazole rings is 1. The van der Waals surface area contributed by atoms with Gasteiger partial charge >= 0.3 is 5.82 Å². The number of phenolic OH excluding ortho intramolecular Hbond substituents is 1. The maximum Gasteiger partial charge on any atom is 0.342 e. The summed E-state index contributed by atoms with van der Waals surface area (Å²) in [4.78, 5) is 14.3. The summed E-state index contributed by atoms with van der Waals surface area (Å²) in [5, 5.41) is 32.8. The Bertz CT molecular complexity index is 901.